The minimum Gasteiger partial charge on any atom is -0.385 e. The monoisotopic (exact) mass is 403 g/mol. The van der Waals surface area contributed by atoms with Gasteiger partial charge in [0.25, 0.3) is 0 Å². The summed E-state index contributed by atoms with van der Waals surface area (Å²) in [4.78, 5) is 8.17. The Balaban J connectivity index is 0.000000522. The molecule has 3 nitrogen and oxygen atoms in total. The molecule has 2 aromatic carbocycles. The zero-order chi connectivity index (χ0) is 22.6. The van der Waals surface area contributed by atoms with Crippen LogP contribution >= 0.6 is 0 Å². The average molecular weight is 404 g/mol. The fourth-order valence-electron chi connectivity index (χ4n) is 1.99. The van der Waals surface area contributed by atoms with Gasteiger partial charge in [-0.15, -0.1) is 0 Å². The molecule has 0 saturated heterocycles. The number of rotatable bonds is 7. The fourth-order valence-corrected chi connectivity index (χ4v) is 1.99. The third-order valence-corrected chi connectivity index (χ3v) is 3.92. The van der Waals surface area contributed by atoms with E-state index in [4.69, 9.17) is 0 Å². The van der Waals surface area contributed by atoms with Gasteiger partial charge in [0.15, 0.2) is 0 Å². The van der Waals surface area contributed by atoms with Crippen LogP contribution in [0.2, 0.25) is 0 Å². The van der Waals surface area contributed by atoms with Crippen molar-refractivity contribution in [3.05, 3.63) is 102 Å². The van der Waals surface area contributed by atoms with E-state index in [1.807, 2.05) is 56.3 Å². The molecule has 160 valence electrons. The van der Waals surface area contributed by atoms with Gasteiger partial charge in [0.05, 0.1) is 5.69 Å². The maximum Gasteiger partial charge on any atom is 0.0629 e. The standard InChI is InChI=1S/C13H14N2.C12H17N.C2H6/c1-3-12(9-10-14-2)11-15-13-7-5-4-6-8-13;1-10(2)11(3)13-9-12-7-5-4-6-8-12;1-2/h3-11H,1H2,2H3;4-8,13H,9H2,1-3H3;1-2H3/b12-9+,14-10?,15-11?;;. The minimum atomic E-state index is 0.915. The van der Waals surface area contributed by atoms with Crippen molar-refractivity contribution in [1.82, 2.24) is 5.32 Å². The number of hydrogen-bond donors (Lipinski definition) is 1. The summed E-state index contributed by atoms with van der Waals surface area (Å²) in [5.41, 5.74) is 5.80. The summed E-state index contributed by atoms with van der Waals surface area (Å²) in [7, 11) is 1.73. The minimum absolute atomic E-state index is 0.915. The smallest absolute Gasteiger partial charge is 0.0629 e. The van der Waals surface area contributed by atoms with E-state index in [-0.39, 0.29) is 0 Å². The van der Waals surface area contributed by atoms with E-state index < -0.39 is 0 Å². The van der Waals surface area contributed by atoms with Crippen molar-refractivity contribution in [3.63, 3.8) is 0 Å². The Morgan fingerprint density at radius 2 is 1.50 bits per heavy atom. The number of allylic oxidation sites excluding steroid dienone is 5. The molecule has 0 saturated carbocycles. The normalized spacial score (nSPS) is 10.5. The van der Waals surface area contributed by atoms with Crippen LogP contribution in [0.1, 0.15) is 40.2 Å². The van der Waals surface area contributed by atoms with E-state index in [1.54, 1.807) is 25.6 Å². The lowest BCUT2D eigenvalue weighted by Crippen LogP contribution is -2.11. The largest absolute Gasteiger partial charge is 0.385 e. The topological polar surface area (TPSA) is 36.8 Å². The molecular formula is C27H37N3. The maximum atomic E-state index is 4.30. The summed E-state index contributed by atoms with van der Waals surface area (Å²) in [5.74, 6) is 0. The number of benzene rings is 2. The summed E-state index contributed by atoms with van der Waals surface area (Å²) < 4.78 is 0. The van der Waals surface area contributed by atoms with Crippen molar-refractivity contribution in [2.75, 3.05) is 7.05 Å². The van der Waals surface area contributed by atoms with E-state index >= 15 is 0 Å². The first kappa shape index (κ1) is 26.8. The van der Waals surface area contributed by atoms with Gasteiger partial charge < -0.3 is 5.32 Å². The number of nitrogens with one attached hydrogen (secondary N) is 1. The molecule has 30 heavy (non-hydrogen) atoms. The van der Waals surface area contributed by atoms with E-state index in [1.165, 1.54) is 16.8 Å². The zero-order valence-corrected chi connectivity index (χ0v) is 19.4. The molecule has 0 aliphatic carbocycles. The maximum absolute atomic E-state index is 4.30. The summed E-state index contributed by atoms with van der Waals surface area (Å²) >= 11 is 0. The van der Waals surface area contributed by atoms with Crippen LogP contribution in [-0.4, -0.2) is 19.5 Å². The zero-order valence-electron chi connectivity index (χ0n) is 19.4. The number of hydrogen-bond acceptors (Lipinski definition) is 3. The molecule has 0 aromatic heterocycles. The van der Waals surface area contributed by atoms with Crippen molar-refractivity contribution in [3.8, 4) is 0 Å². The van der Waals surface area contributed by atoms with Gasteiger partial charge in [-0.05, 0) is 50.1 Å². The molecular weight excluding hydrogens is 366 g/mol. The quantitative estimate of drug-likeness (QED) is 0.381. The van der Waals surface area contributed by atoms with Crippen molar-refractivity contribution >= 4 is 18.1 Å². The van der Waals surface area contributed by atoms with E-state index in [0.717, 1.165) is 17.8 Å². The van der Waals surface area contributed by atoms with Gasteiger partial charge in [-0.25, -0.2) is 0 Å². The predicted molar refractivity (Wildman–Crippen MR) is 136 cm³/mol. The van der Waals surface area contributed by atoms with E-state index in [2.05, 4.69) is 66.9 Å². The number of aliphatic imine (C=N–C) groups is 2. The molecule has 0 aliphatic heterocycles. The summed E-state index contributed by atoms with van der Waals surface area (Å²) in [6.45, 7) is 15.0. The van der Waals surface area contributed by atoms with Crippen LogP contribution < -0.4 is 5.32 Å². The molecule has 0 amide bonds. The van der Waals surface area contributed by atoms with Crippen LogP contribution in [0.3, 0.4) is 0 Å². The van der Waals surface area contributed by atoms with Crippen LogP contribution in [0.25, 0.3) is 0 Å². The number of nitrogens with zero attached hydrogens (tertiary/aromatic N) is 2. The molecule has 3 heteroatoms. The molecule has 1 N–H and O–H groups in total. The van der Waals surface area contributed by atoms with E-state index in [0.29, 0.717) is 0 Å². The van der Waals surface area contributed by atoms with Gasteiger partial charge in [-0.2, -0.15) is 0 Å². The summed E-state index contributed by atoms with van der Waals surface area (Å²) in [5, 5.41) is 3.38. The summed E-state index contributed by atoms with van der Waals surface area (Å²) in [6.07, 6.45) is 7.09. The number of para-hydroxylation sites is 1. The Labute approximate surface area is 183 Å². The Hall–Kier alpha value is -3.20. The molecule has 0 unspecified atom stereocenters. The fraction of sp³-hybridized carbons (Fsp3) is 0.259. The molecule has 0 fully saturated rings. The third-order valence-electron chi connectivity index (χ3n) is 3.92. The Morgan fingerprint density at radius 3 is 2.00 bits per heavy atom. The van der Waals surface area contributed by atoms with Gasteiger partial charge in [0, 0.05) is 31.7 Å². The molecule has 0 bridgehead atoms. The van der Waals surface area contributed by atoms with Crippen LogP contribution in [-0.2, 0) is 6.54 Å². The molecule has 0 aliphatic rings. The van der Waals surface area contributed by atoms with Gasteiger partial charge in [-0.3, -0.25) is 9.98 Å². The first-order valence-corrected chi connectivity index (χ1v) is 10.3. The third kappa shape index (κ3) is 13.1. The van der Waals surface area contributed by atoms with Gasteiger partial charge >= 0.3 is 0 Å². The van der Waals surface area contributed by atoms with E-state index in [9.17, 15) is 0 Å². The highest BCUT2D eigenvalue weighted by Gasteiger charge is 1.92. The lowest BCUT2D eigenvalue weighted by molar-refractivity contribution is 0.798. The second-order valence-electron chi connectivity index (χ2n) is 6.34. The van der Waals surface area contributed by atoms with Crippen LogP contribution in [0, 0.1) is 0 Å². The van der Waals surface area contributed by atoms with Crippen LogP contribution in [0.4, 0.5) is 5.69 Å². The second-order valence-corrected chi connectivity index (χ2v) is 6.34. The lowest BCUT2D eigenvalue weighted by Gasteiger charge is -2.07. The van der Waals surface area contributed by atoms with Crippen LogP contribution in [0.15, 0.2) is 106 Å². The van der Waals surface area contributed by atoms with Crippen molar-refractivity contribution in [1.29, 1.82) is 0 Å². The van der Waals surface area contributed by atoms with Crippen molar-refractivity contribution < 1.29 is 0 Å². The molecule has 2 rings (SSSR count). The highest BCUT2D eigenvalue weighted by Crippen LogP contribution is 2.09. The highest BCUT2D eigenvalue weighted by atomic mass is 14.9. The van der Waals surface area contributed by atoms with Crippen molar-refractivity contribution in [2.24, 2.45) is 9.98 Å². The molecule has 2 aromatic rings. The van der Waals surface area contributed by atoms with Gasteiger partial charge in [0.2, 0.25) is 0 Å². The SMILES string of the molecule is C=C/C(C=Nc1ccccc1)=C\C=NC.CC.CC(C)=C(C)NCc1ccccc1. The lowest BCUT2D eigenvalue weighted by atomic mass is 10.2. The molecule has 0 radical (unpaired) electrons. The molecule has 0 atom stereocenters. The van der Waals surface area contributed by atoms with Gasteiger partial charge in [-0.1, -0.05) is 80.6 Å². The van der Waals surface area contributed by atoms with Crippen molar-refractivity contribution in [2.45, 2.75) is 41.2 Å². The van der Waals surface area contributed by atoms with Crippen LogP contribution in [0.5, 0.6) is 0 Å². The Morgan fingerprint density at radius 1 is 0.933 bits per heavy atom. The molecule has 0 heterocycles. The molecule has 0 spiro atoms. The summed E-state index contributed by atoms with van der Waals surface area (Å²) in [6, 6.07) is 20.2. The van der Waals surface area contributed by atoms with Gasteiger partial charge in [0.1, 0.15) is 0 Å². The Bertz CT molecular complexity index is 810. The first-order valence-electron chi connectivity index (χ1n) is 10.3. The average Bonchev–Trinajstić information content (AvgIpc) is 2.80. The highest BCUT2D eigenvalue weighted by molar-refractivity contribution is 5.90. The Kier molecular flexibility index (Phi) is 16.0. The predicted octanol–water partition coefficient (Wildman–Crippen LogP) is 7.32. The second kappa shape index (κ2) is 17.9. The first-order chi connectivity index (χ1) is 14.6.